The molecule has 17 heavy (non-hydrogen) atoms. The fourth-order valence-corrected chi connectivity index (χ4v) is 2.19. The van der Waals surface area contributed by atoms with Gasteiger partial charge in [0, 0.05) is 32.5 Å². The summed E-state index contributed by atoms with van der Waals surface area (Å²) in [7, 11) is 3.77. The van der Waals surface area contributed by atoms with Gasteiger partial charge < -0.3 is 10.2 Å². The van der Waals surface area contributed by atoms with Crippen molar-refractivity contribution in [2.24, 2.45) is 5.41 Å². The highest BCUT2D eigenvalue weighted by atomic mass is 16.2. The van der Waals surface area contributed by atoms with Gasteiger partial charge in [-0.1, -0.05) is 0 Å². The summed E-state index contributed by atoms with van der Waals surface area (Å²) in [5, 5.41) is 3.11. The summed E-state index contributed by atoms with van der Waals surface area (Å²) < 4.78 is 0. The van der Waals surface area contributed by atoms with E-state index in [-0.39, 0.29) is 11.3 Å². The molecule has 0 unspecified atom stereocenters. The summed E-state index contributed by atoms with van der Waals surface area (Å²) in [6, 6.07) is 3.89. The van der Waals surface area contributed by atoms with Crippen LogP contribution in [0, 0.1) is 5.41 Å². The molecule has 1 aromatic heterocycles. The van der Waals surface area contributed by atoms with Crippen LogP contribution in [0.5, 0.6) is 0 Å². The van der Waals surface area contributed by atoms with Crippen LogP contribution in [0.15, 0.2) is 24.5 Å². The van der Waals surface area contributed by atoms with Gasteiger partial charge in [0.05, 0.1) is 5.41 Å². The molecule has 0 aliphatic heterocycles. The molecule has 0 spiro atoms. The largest absolute Gasteiger partial charge is 0.341 e. The first-order valence-corrected chi connectivity index (χ1v) is 5.97. The number of rotatable bonds is 5. The second-order valence-electron chi connectivity index (χ2n) is 4.83. The summed E-state index contributed by atoms with van der Waals surface area (Å²) >= 11 is 0. The molecule has 1 N–H and O–H groups in total. The van der Waals surface area contributed by atoms with E-state index in [1.165, 1.54) is 0 Å². The van der Waals surface area contributed by atoms with Gasteiger partial charge in [-0.3, -0.25) is 9.78 Å². The van der Waals surface area contributed by atoms with Gasteiger partial charge in [0.15, 0.2) is 0 Å². The molecule has 92 valence electrons. The van der Waals surface area contributed by atoms with Gasteiger partial charge in [0.1, 0.15) is 0 Å². The van der Waals surface area contributed by atoms with E-state index < -0.39 is 0 Å². The van der Waals surface area contributed by atoms with Crippen LogP contribution in [0.2, 0.25) is 0 Å². The molecule has 1 saturated carbocycles. The van der Waals surface area contributed by atoms with Crippen molar-refractivity contribution < 1.29 is 4.79 Å². The van der Waals surface area contributed by atoms with Crippen LogP contribution in [-0.2, 0) is 11.3 Å². The minimum atomic E-state index is -0.128. The van der Waals surface area contributed by atoms with Gasteiger partial charge >= 0.3 is 0 Å². The Kier molecular flexibility index (Phi) is 3.43. The second-order valence-corrected chi connectivity index (χ2v) is 4.83. The molecule has 0 radical (unpaired) electrons. The Morgan fingerprint density at radius 1 is 1.47 bits per heavy atom. The third-order valence-electron chi connectivity index (χ3n) is 3.34. The molecule has 1 amide bonds. The van der Waals surface area contributed by atoms with E-state index in [9.17, 15) is 4.79 Å². The van der Waals surface area contributed by atoms with Crippen molar-refractivity contribution in [2.45, 2.75) is 19.4 Å². The third-order valence-corrected chi connectivity index (χ3v) is 3.34. The smallest absolute Gasteiger partial charge is 0.230 e. The van der Waals surface area contributed by atoms with Gasteiger partial charge in [0.25, 0.3) is 0 Å². The Bertz CT molecular complexity index is 387. The molecule has 0 bridgehead atoms. The highest BCUT2D eigenvalue weighted by Gasteiger charge is 2.50. The second kappa shape index (κ2) is 4.84. The van der Waals surface area contributed by atoms with Crippen LogP contribution in [0.3, 0.4) is 0 Å². The topological polar surface area (TPSA) is 45.2 Å². The summed E-state index contributed by atoms with van der Waals surface area (Å²) in [6.45, 7) is 1.44. The summed E-state index contributed by atoms with van der Waals surface area (Å²) in [5.41, 5.74) is 0.993. The molecule has 4 nitrogen and oxygen atoms in total. The number of hydrogen-bond donors (Lipinski definition) is 1. The number of nitrogens with zero attached hydrogens (tertiary/aromatic N) is 2. The lowest BCUT2D eigenvalue weighted by molar-refractivity contribution is -0.136. The lowest BCUT2D eigenvalue weighted by Gasteiger charge is -2.23. The van der Waals surface area contributed by atoms with E-state index in [1.54, 1.807) is 12.4 Å². The van der Waals surface area contributed by atoms with E-state index in [1.807, 2.05) is 31.1 Å². The number of hydrogen-bond acceptors (Lipinski definition) is 3. The molecular formula is C13H19N3O. The number of pyridine rings is 1. The first kappa shape index (κ1) is 12.0. The molecule has 1 aliphatic rings. The van der Waals surface area contributed by atoms with Crippen LogP contribution in [0.25, 0.3) is 0 Å². The van der Waals surface area contributed by atoms with Crippen LogP contribution < -0.4 is 5.32 Å². The van der Waals surface area contributed by atoms with Crippen molar-refractivity contribution in [3.05, 3.63) is 30.1 Å². The maximum absolute atomic E-state index is 12.3. The first-order chi connectivity index (χ1) is 8.18. The zero-order chi connectivity index (χ0) is 12.3. The molecule has 0 atom stereocenters. The van der Waals surface area contributed by atoms with E-state index in [4.69, 9.17) is 0 Å². The molecule has 0 aromatic carbocycles. The molecular weight excluding hydrogens is 214 g/mol. The molecule has 2 rings (SSSR count). The molecule has 4 heteroatoms. The van der Waals surface area contributed by atoms with Crippen molar-refractivity contribution in [1.29, 1.82) is 0 Å². The maximum Gasteiger partial charge on any atom is 0.230 e. The molecule has 1 fully saturated rings. The Balaban J connectivity index is 1.96. The van der Waals surface area contributed by atoms with Gasteiger partial charge in [0.2, 0.25) is 5.91 Å². The van der Waals surface area contributed by atoms with Crippen molar-refractivity contribution >= 4 is 5.91 Å². The van der Waals surface area contributed by atoms with Gasteiger partial charge in [-0.05, 0) is 37.6 Å². The van der Waals surface area contributed by atoms with E-state index in [2.05, 4.69) is 10.3 Å². The molecule has 0 saturated heterocycles. The van der Waals surface area contributed by atoms with Crippen molar-refractivity contribution in [3.63, 3.8) is 0 Å². The normalized spacial score (nSPS) is 16.6. The van der Waals surface area contributed by atoms with Gasteiger partial charge in [-0.2, -0.15) is 0 Å². The van der Waals surface area contributed by atoms with E-state index >= 15 is 0 Å². The Labute approximate surface area is 102 Å². The minimum Gasteiger partial charge on any atom is -0.341 e. The lowest BCUT2D eigenvalue weighted by Crippen LogP contribution is -2.38. The minimum absolute atomic E-state index is 0.128. The summed E-state index contributed by atoms with van der Waals surface area (Å²) in [4.78, 5) is 18.1. The fraction of sp³-hybridized carbons (Fsp3) is 0.538. The van der Waals surface area contributed by atoms with Crippen molar-refractivity contribution in [1.82, 2.24) is 15.2 Å². The number of carbonyl (C=O) groups excluding carboxylic acids is 1. The number of nitrogens with one attached hydrogen (secondary N) is 1. The average molecular weight is 233 g/mol. The maximum atomic E-state index is 12.3. The Morgan fingerprint density at radius 3 is 2.65 bits per heavy atom. The molecule has 1 aliphatic carbocycles. The number of aromatic nitrogens is 1. The highest BCUT2D eigenvalue weighted by Crippen LogP contribution is 2.46. The van der Waals surface area contributed by atoms with E-state index in [0.29, 0.717) is 6.54 Å². The van der Waals surface area contributed by atoms with Crippen molar-refractivity contribution in [3.8, 4) is 0 Å². The Morgan fingerprint density at radius 2 is 2.12 bits per heavy atom. The highest BCUT2D eigenvalue weighted by molar-refractivity contribution is 5.85. The van der Waals surface area contributed by atoms with E-state index in [0.717, 1.165) is 24.9 Å². The zero-order valence-electron chi connectivity index (χ0n) is 10.4. The quantitative estimate of drug-likeness (QED) is 0.826. The summed E-state index contributed by atoms with van der Waals surface area (Å²) in [6.07, 6.45) is 5.53. The molecule has 1 heterocycles. The first-order valence-electron chi connectivity index (χ1n) is 5.97. The SMILES string of the molecule is CNCC1(C(=O)N(C)Cc2ccncc2)CC1. The van der Waals surface area contributed by atoms with Crippen LogP contribution >= 0.6 is 0 Å². The monoisotopic (exact) mass is 233 g/mol. The van der Waals surface area contributed by atoms with Crippen LogP contribution in [0.1, 0.15) is 18.4 Å². The standard InChI is InChI=1S/C13H19N3O/c1-14-10-13(5-6-13)12(17)16(2)9-11-3-7-15-8-4-11/h3-4,7-8,14H,5-6,9-10H2,1-2H3. The van der Waals surface area contributed by atoms with Gasteiger partial charge in [-0.15, -0.1) is 0 Å². The molecule has 1 aromatic rings. The lowest BCUT2D eigenvalue weighted by atomic mass is 10.1. The fourth-order valence-electron chi connectivity index (χ4n) is 2.19. The Hall–Kier alpha value is -1.42. The van der Waals surface area contributed by atoms with Crippen molar-refractivity contribution in [2.75, 3.05) is 20.6 Å². The number of carbonyl (C=O) groups is 1. The van der Waals surface area contributed by atoms with Gasteiger partial charge in [-0.25, -0.2) is 0 Å². The average Bonchev–Trinajstić information content (AvgIpc) is 3.11. The number of amides is 1. The van der Waals surface area contributed by atoms with Crippen LogP contribution in [0.4, 0.5) is 0 Å². The predicted molar refractivity (Wildman–Crippen MR) is 66.3 cm³/mol. The third kappa shape index (κ3) is 2.64. The van der Waals surface area contributed by atoms with Crippen LogP contribution in [-0.4, -0.2) is 36.4 Å². The zero-order valence-corrected chi connectivity index (χ0v) is 10.4. The summed E-state index contributed by atoms with van der Waals surface area (Å²) in [5.74, 6) is 0.253. The predicted octanol–water partition coefficient (Wildman–Crippen LogP) is 1.04.